The highest BCUT2D eigenvalue weighted by molar-refractivity contribution is 6.00. The molecule has 5 rings (SSSR count). The first-order valence-electron chi connectivity index (χ1n) is 12.9. The molecule has 1 saturated carbocycles. The van der Waals surface area contributed by atoms with Gasteiger partial charge in [0, 0.05) is 18.8 Å². The molecule has 3 N–H and O–H groups in total. The molecular weight excluding hydrogens is 491 g/mol. The van der Waals surface area contributed by atoms with E-state index in [4.69, 9.17) is 0 Å². The lowest BCUT2D eigenvalue weighted by atomic mass is 9.98. The zero-order valence-corrected chi connectivity index (χ0v) is 21.4. The zero-order valence-electron chi connectivity index (χ0n) is 21.4. The maximum atomic E-state index is 13.6. The Morgan fingerprint density at radius 3 is 2.45 bits per heavy atom. The minimum absolute atomic E-state index is 0.142. The summed E-state index contributed by atoms with van der Waals surface area (Å²) in [6.45, 7) is 1.31. The number of halogens is 1. The Labute approximate surface area is 220 Å². The molecule has 1 spiro atoms. The monoisotopic (exact) mass is 522 g/mol. The van der Waals surface area contributed by atoms with Crippen LogP contribution in [0.4, 0.5) is 19.7 Å². The van der Waals surface area contributed by atoms with Gasteiger partial charge in [-0.1, -0.05) is 18.2 Å². The van der Waals surface area contributed by atoms with Gasteiger partial charge in [0.2, 0.25) is 11.8 Å². The van der Waals surface area contributed by atoms with E-state index in [1.807, 2.05) is 13.0 Å². The van der Waals surface area contributed by atoms with Gasteiger partial charge in [-0.3, -0.25) is 9.59 Å². The number of carboxylic acid groups (broad SMARTS) is 1. The van der Waals surface area contributed by atoms with Crippen molar-refractivity contribution < 1.29 is 28.7 Å². The first-order valence-corrected chi connectivity index (χ1v) is 12.9. The fraction of sp³-hybridized carbons (Fsp3) is 0.429. The molecule has 0 aromatic heterocycles. The van der Waals surface area contributed by atoms with Crippen LogP contribution < -0.4 is 10.6 Å². The molecule has 9 nitrogen and oxygen atoms in total. The Kier molecular flexibility index (Phi) is 6.58. The highest BCUT2D eigenvalue weighted by Gasteiger charge is 2.55. The standard InChI is InChI=1S/C28H31FN4O5/c1-16-3-10-23(17-4-6-18(29)7-5-17)33(16)24(34)15-32(27(37)38)25(35)21-14-28(11-12-28)22-13-19(8-9-20(21)22)31-26(36)30-2/h4-9,13,16,21,23H,3,10-12,14-15H2,1-2H3,(H,37,38)(H2,30,31,36). The molecule has 3 atom stereocenters. The van der Waals surface area contributed by atoms with Crippen LogP contribution in [0.25, 0.3) is 0 Å². The lowest BCUT2D eigenvalue weighted by Crippen LogP contribution is -2.48. The second kappa shape index (κ2) is 9.74. The van der Waals surface area contributed by atoms with Crippen LogP contribution in [-0.4, -0.2) is 58.5 Å². The van der Waals surface area contributed by atoms with Crippen LogP contribution >= 0.6 is 0 Å². The number of rotatable bonds is 5. The first-order chi connectivity index (χ1) is 18.1. The van der Waals surface area contributed by atoms with Gasteiger partial charge in [0.05, 0.1) is 12.0 Å². The molecule has 1 heterocycles. The normalized spacial score (nSPS) is 22.6. The number of amides is 5. The van der Waals surface area contributed by atoms with Crippen LogP contribution in [0, 0.1) is 5.82 Å². The van der Waals surface area contributed by atoms with Gasteiger partial charge in [-0.2, -0.15) is 0 Å². The van der Waals surface area contributed by atoms with E-state index in [0.717, 1.165) is 36.0 Å². The molecular formula is C28H31FN4O5. The van der Waals surface area contributed by atoms with Gasteiger partial charge in [0.1, 0.15) is 12.4 Å². The Hall–Kier alpha value is -3.95. The Bertz CT molecular complexity index is 1290. The molecule has 3 aliphatic rings. The van der Waals surface area contributed by atoms with Crippen LogP contribution in [0.5, 0.6) is 0 Å². The number of imide groups is 1. The van der Waals surface area contributed by atoms with Crippen molar-refractivity contribution >= 4 is 29.6 Å². The molecule has 38 heavy (non-hydrogen) atoms. The number of anilines is 1. The summed E-state index contributed by atoms with van der Waals surface area (Å²) in [6, 6.07) is 10.5. The molecule has 0 radical (unpaired) electrons. The van der Waals surface area contributed by atoms with Crippen LogP contribution in [0.3, 0.4) is 0 Å². The number of carbonyl (C=O) groups is 4. The molecule has 1 aliphatic heterocycles. The van der Waals surface area contributed by atoms with Crippen LogP contribution in [-0.2, 0) is 15.0 Å². The molecule has 2 aromatic carbocycles. The Morgan fingerprint density at radius 1 is 1.11 bits per heavy atom. The lowest BCUT2D eigenvalue weighted by molar-refractivity contribution is -0.141. The molecule has 2 aliphatic carbocycles. The van der Waals surface area contributed by atoms with Crippen molar-refractivity contribution in [1.82, 2.24) is 15.1 Å². The quantitative estimate of drug-likeness (QED) is 0.539. The third-order valence-electron chi connectivity index (χ3n) is 8.23. The fourth-order valence-electron chi connectivity index (χ4n) is 6.11. The minimum Gasteiger partial charge on any atom is -0.465 e. The summed E-state index contributed by atoms with van der Waals surface area (Å²) < 4.78 is 13.5. The number of hydrogen-bond donors (Lipinski definition) is 3. The van der Waals surface area contributed by atoms with Gasteiger partial charge < -0.3 is 20.6 Å². The number of urea groups is 1. The van der Waals surface area contributed by atoms with Crippen molar-refractivity contribution in [2.45, 2.75) is 62.4 Å². The molecule has 5 amide bonds. The molecule has 2 fully saturated rings. The van der Waals surface area contributed by atoms with Crippen LogP contribution in [0.2, 0.25) is 0 Å². The average molecular weight is 523 g/mol. The van der Waals surface area contributed by atoms with Gasteiger partial charge in [0.25, 0.3) is 0 Å². The smallest absolute Gasteiger partial charge is 0.414 e. The molecule has 200 valence electrons. The number of hydrogen-bond acceptors (Lipinski definition) is 4. The molecule has 1 saturated heterocycles. The fourth-order valence-corrected chi connectivity index (χ4v) is 6.11. The van der Waals surface area contributed by atoms with E-state index in [-0.39, 0.29) is 29.3 Å². The van der Waals surface area contributed by atoms with Crippen LogP contribution in [0.15, 0.2) is 42.5 Å². The largest absolute Gasteiger partial charge is 0.465 e. The number of carbonyl (C=O) groups excluding carboxylic acids is 3. The second-order valence-corrected chi connectivity index (χ2v) is 10.5. The highest BCUT2D eigenvalue weighted by atomic mass is 19.1. The van der Waals surface area contributed by atoms with E-state index in [0.29, 0.717) is 23.4 Å². The summed E-state index contributed by atoms with van der Waals surface area (Å²) in [4.78, 5) is 53.4. The van der Waals surface area contributed by atoms with E-state index in [2.05, 4.69) is 10.6 Å². The number of fused-ring (bicyclic) bond motifs is 2. The van der Waals surface area contributed by atoms with E-state index in [1.54, 1.807) is 29.2 Å². The van der Waals surface area contributed by atoms with Gasteiger partial charge in [-0.05, 0) is 85.4 Å². The van der Waals surface area contributed by atoms with Gasteiger partial charge in [0.15, 0.2) is 0 Å². The molecule has 2 aromatic rings. The summed E-state index contributed by atoms with van der Waals surface area (Å²) >= 11 is 0. The number of benzene rings is 2. The van der Waals surface area contributed by atoms with Crippen molar-refractivity contribution in [2.75, 3.05) is 18.9 Å². The second-order valence-electron chi connectivity index (χ2n) is 10.5. The number of nitrogens with zero attached hydrogens (tertiary/aromatic N) is 2. The SMILES string of the molecule is CNC(=O)Nc1ccc2c(c1)C1(CC1)CC2C(=O)N(CC(=O)N1C(C)CCC1c1ccc(F)cc1)C(=O)O. The van der Waals surface area contributed by atoms with Crippen LogP contribution in [0.1, 0.15) is 67.7 Å². The molecule has 10 heteroatoms. The lowest BCUT2D eigenvalue weighted by Gasteiger charge is -2.31. The minimum atomic E-state index is -1.47. The summed E-state index contributed by atoms with van der Waals surface area (Å²) in [7, 11) is 1.52. The summed E-state index contributed by atoms with van der Waals surface area (Å²) in [5.74, 6) is -2.13. The van der Waals surface area contributed by atoms with E-state index in [1.165, 1.54) is 19.2 Å². The van der Waals surface area contributed by atoms with Crippen molar-refractivity contribution in [3.63, 3.8) is 0 Å². The van der Waals surface area contributed by atoms with Crippen molar-refractivity contribution in [3.8, 4) is 0 Å². The van der Waals surface area contributed by atoms with E-state index < -0.39 is 30.4 Å². The number of likely N-dealkylation sites (tertiary alicyclic amines) is 1. The Balaban J connectivity index is 1.37. The summed E-state index contributed by atoms with van der Waals surface area (Å²) in [5, 5.41) is 15.2. The van der Waals surface area contributed by atoms with E-state index in [9.17, 15) is 28.7 Å². The molecule has 3 unspecified atom stereocenters. The summed E-state index contributed by atoms with van der Waals surface area (Å²) in [5.41, 5.74) is 2.86. The topological polar surface area (TPSA) is 119 Å². The van der Waals surface area contributed by atoms with E-state index >= 15 is 0 Å². The third-order valence-corrected chi connectivity index (χ3v) is 8.23. The van der Waals surface area contributed by atoms with Gasteiger partial charge in [-0.15, -0.1) is 0 Å². The highest BCUT2D eigenvalue weighted by Crippen LogP contribution is 2.61. The number of nitrogens with one attached hydrogen (secondary N) is 2. The average Bonchev–Trinajstić information content (AvgIpc) is 3.47. The maximum absolute atomic E-state index is 13.6. The van der Waals surface area contributed by atoms with Crippen molar-refractivity contribution in [2.24, 2.45) is 0 Å². The maximum Gasteiger partial charge on any atom is 0.414 e. The zero-order chi connectivity index (χ0) is 27.2. The predicted molar refractivity (Wildman–Crippen MR) is 137 cm³/mol. The van der Waals surface area contributed by atoms with Gasteiger partial charge >= 0.3 is 12.1 Å². The Morgan fingerprint density at radius 2 is 1.82 bits per heavy atom. The summed E-state index contributed by atoms with van der Waals surface area (Å²) in [6.07, 6.45) is 2.16. The first kappa shape index (κ1) is 25.7. The predicted octanol–water partition coefficient (Wildman–Crippen LogP) is 4.35. The van der Waals surface area contributed by atoms with Crippen molar-refractivity contribution in [3.05, 3.63) is 65.0 Å². The third kappa shape index (κ3) is 4.59. The molecule has 0 bridgehead atoms. The van der Waals surface area contributed by atoms with Crippen molar-refractivity contribution in [1.29, 1.82) is 0 Å². The van der Waals surface area contributed by atoms with Gasteiger partial charge in [-0.25, -0.2) is 18.9 Å².